The van der Waals surface area contributed by atoms with Gasteiger partial charge in [-0.2, -0.15) is 0 Å². The van der Waals surface area contributed by atoms with Gasteiger partial charge in [0, 0.05) is 42.6 Å². The number of carbonyl (C=O) groups is 1. The van der Waals surface area contributed by atoms with Crippen molar-refractivity contribution in [2.24, 2.45) is 0 Å². The molecule has 1 spiro atoms. The van der Waals surface area contributed by atoms with E-state index in [9.17, 15) is 14.3 Å². The lowest BCUT2D eigenvalue weighted by molar-refractivity contribution is 0.0443. The van der Waals surface area contributed by atoms with E-state index in [1.165, 1.54) is 6.20 Å². The molecule has 2 aliphatic heterocycles. The standard InChI is InChI=1S/C22H20ClFN4O3/c23-13-2-1-3-15(19(13)29)27-18-16-20(28-17(18)12-4-7-25-10-14(12)24)22(11-26-21(16)30)5-8-31-9-6-22/h1-4,7,10,27-29H,5-6,8-9,11H2,(H,26,30). The van der Waals surface area contributed by atoms with Crippen molar-refractivity contribution in [1.82, 2.24) is 15.3 Å². The maximum absolute atomic E-state index is 14.7. The molecule has 2 aliphatic rings. The molecule has 1 aromatic carbocycles. The number of aromatic hydroxyl groups is 1. The van der Waals surface area contributed by atoms with Crippen LogP contribution >= 0.6 is 11.6 Å². The number of aromatic amines is 1. The summed E-state index contributed by atoms with van der Waals surface area (Å²) in [5.41, 5.74) is 2.17. The van der Waals surface area contributed by atoms with Crippen LogP contribution in [0.15, 0.2) is 36.7 Å². The highest BCUT2D eigenvalue weighted by molar-refractivity contribution is 6.32. The van der Waals surface area contributed by atoms with E-state index in [1.54, 1.807) is 24.3 Å². The van der Waals surface area contributed by atoms with Crippen molar-refractivity contribution in [3.8, 4) is 17.0 Å². The predicted octanol–water partition coefficient (Wildman–Crippen LogP) is 4.11. The predicted molar refractivity (Wildman–Crippen MR) is 114 cm³/mol. The number of aromatic nitrogens is 2. The Morgan fingerprint density at radius 1 is 1.26 bits per heavy atom. The van der Waals surface area contributed by atoms with Gasteiger partial charge in [-0.1, -0.05) is 17.7 Å². The normalized spacial score (nSPS) is 17.3. The fourth-order valence-electron chi connectivity index (χ4n) is 4.40. The van der Waals surface area contributed by atoms with Crippen molar-refractivity contribution in [2.45, 2.75) is 18.3 Å². The molecule has 31 heavy (non-hydrogen) atoms. The summed E-state index contributed by atoms with van der Waals surface area (Å²) in [4.78, 5) is 20.2. The van der Waals surface area contributed by atoms with Crippen molar-refractivity contribution in [3.05, 3.63) is 58.8 Å². The third-order valence-electron chi connectivity index (χ3n) is 6.08. The highest BCUT2D eigenvalue weighted by Crippen LogP contribution is 2.46. The number of amides is 1. The van der Waals surface area contributed by atoms with Gasteiger partial charge in [0.1, 0.15) is 0 Å². The maximum atomic E-state index is 14.7. The first-order chi connectivity index (χ1) is 15.0. The Balaban J connectivity index is 1.74. The van der Waals surface area contributed by atoms with E-state index >= 15 is 0 Å². The van der Waals surface area contributed by atoms with Crippen LogP contribution in [0.2, 0.25) is 5.02 Å². The van der Waals surface area contributed by atoms with Gasteiger partial charge in [-0.3, -0.25) is 9.78 Å². The molecule has 160 valence electrons. The van der Waals surface area contributed by atoms with Gasteiger partial charge in [0.05, 0.1) is 33.9 Å². The SMILES string of the molecule is O=C1NCC2(CCOCC2)c2[nH]c(-c3ccncc3F)c(Nc3cccc(Cl)c3O)c21. The van der Waals surface area contributed by atoms with Gasteiger partial charge in [0.25, 0.3) is 5.91 Å². The van der Waals surface area contributed by atoms with Gasteiger partial charge in [0.15, 0.2) is 11.6 Å². The minimum atomic E-state index is -0.527. The van der Waals surface area contributed by atoms with Crippen LogP contribution in [0.4, 0.5) is 15.8 Å². The lowest BCUT2D eigenvalue weighted by Gasteiger charge is -2.40. The Morgan fingerprint density at radius 3 is 2.84 bits per heavy atom. The van der Waals surface area contributed by atoms with E-state index in [4.69, 9.17) is 16.3 Å². The molecule has 0 saturated carbocycles. The number of hydrogen-bond acceptors (Lipinski definition) is 5. The Kier molecular flexibility index (Phi) is 4.83. The van der Waals surface area contributed by atoms with E-state index < -0.39 is 5.82 Å². The van der Waals surface area contributed by atoms with Gasteiger partial charge < -0.3 is 25.5 Å². The molecule has 0 atom stereocenters. The molecule has 3 aromatic rings. The third kappa shape index (κ3) is 3.23. The van der Waals surface area contributed by atoms with E-state index in [-0.39, 0.29) is 27.7 Å². The van der Waals surface area contributed by atoms with E-state index in [0.717, 1.165) is 24.7 Å². The Morgan fingerprint density at radius 2 is 2.06 bits per heavy atom. The summed E-state index contributed by atoms with van der Waals surface area (Å²) >= 11 is 6.07. The summed E-state index contributed by atoms with van der Waals surface area (Å²) in [5, 5.41) is 16.7. The number of nitrogens with zero attached hydrogens (tertiary/aromatic N) is 1. The first-order valence-corrected chi connectivity index (χ1v) is 10.3. The van der Waals surface area contributed by atoms with Gasteiger partial charge in [-0.25, -0.2) is 4.39 Å². The summed E-state index contributed by atoms with van der Waals surface area (Å²) < 4.78 is 20.3. The number of H-pyrrole nitrogens is 1. The molecule has 0 radical (unpaired) electrons. The summed E-state index contributed by atoms with van der Waals surface area (Å²) in [7, 11) is 0. The average Bonchev–Trinajstić information content (AvgIpc) is 3.16. The number of anilines is 2. The van der Waals surface area contributed by atoms with E-state index in [1.807, 2.05) is 0 Å². The van der Waals surface area contributed by atoms with Crippen LogP contribution in [0, 0.1) is 5.82 Å². The topological polar surface area (TPSA) is 99.3 Å². The monoisotopic (exact) mass is 442 g/mol. The molecular formula is C22H20ClFN4O3. The van der Waals surface area contributed by atoms with Gasteiger partial charge in [-0.05, 0) is 31.0 Å². The van der Waals surface area contributed by atoms with Gasteiger partial charge in [0.2, 0.25) is 0 Å². The van der Waals surface area contributed by atoms with Crippen molar-refractivity contribution >= 4 is 28.9 Å². The Bertz CT molecular complexity index is 1170. The molecule has 5 rings (SSSR count). The molecule has 0 aliphatic carbocycles. The lowest BCUT2D eigenvalue weighted by Crippen LogP contribution is -2.49. The number of phenolic OH excluding ortho intramolecular Hbond substituents is 1. The molecule has 2 aromatic heterocycles. The second-order valence-corrected chi connectivity index (χ2v) is 8.22. The number of hydrogen-bond donors (Lipinski definition) is 4. The third-order valence-corrected chi connectivity index (χ3v) is 6.39. The smallest absolute Gasteiger partial charge is 0.255 e. The molecule has 1 amide bonds. The van der Waals surface area contributed by atoms with Crippen LogP contribution in [0.5, 0.6) is 5.75 Å². The number of ether oxygens (including phenoxy) is 1. The molecule has 9 heteroatoms. The number of para-hydroxylation sites is 1. The summed E-state index contributed by atoms with van der Waals surface area (Å²) in [6.07, 6.45) is 4.06. The van der Waals surface area contributed by atoms with Crippen LogP contribution in [-0.4, -0.2) is 40.7 Å². The molecule has 0 unspecified atom stereocenters. The maximum Gasteiger partial charge on any atom is 0.255 e. The number of benzene rings is 1. The van der Waals surface area contributed by atoms with Gasteiger partial charge >= 0.3 is 0 Å². The number of rotatable bonds is 3. The highest BCUT2D eigenvalue weighted by Gasteiger charge is 2.44. The quantitative estimate of drug-likeness (QED) is 0.457. The van der Waals surface area contributed by atoms with Crippen LogP contribution in [0.25, 0.3) is 11.3 Å². The molecular weight excluding hydrogens is 423 g/mol. The number of phenols is 1. The highest BCUT2D eigenvalue weighted by atomic mass is 35.5. The first-order valence-electron chi connectivity index (χ1n) is 9.97. The molecule has 0 bridgehead atoms. The zero-order valence-corrected chi connectivity index (χ0v) is 17.2. The van der Waals surface area contributed by atoms with Crippen molar-refractivity contribution < 1.29 is 19.0 Å². The second-order valence-electron chi connectivity index (χ2n) is 7.82. The number of pyridine rings is 1. The molecule has 1 saturated heterocycles. The zero-order valence-electron chi connectivity index (χ0n) is 16.5. The van der Waals surface area contributed by atoms with E-state index in [2.05, 4.69) is 20.6 Å². The molecule has 1 fully saturated rings. The molecule has 4 N–H and O–H groups in total. The summed E-state index contributed by atoms with van der Waals surface area (Å²) in [6, 6.07) is 6.42. The minimum Gasteiger partial charge on any atom is -0.504 e. The number of halogens is 2. The van der Waals surface area contributed by atoms with E-state index in [0.29, 0.717) is 42.4 Å². The first kappa shape index (κ1) is 19.8. The van der Waals surface area contributed by atoms with Crippen LogP contribution < -0.4 is 10.6 Å². The Labute approximate surface area is 182 Å². The summed E-state index contributed by atoms with van der Waals surface area (Å²) in [6.45, 7) is 1.62. The summed E-state index contributed by atoms with van der Waals surface area (Å²) in [5.74, 6) is -0.953. The Hall–Kier alpha value is -3.10. The number of fused-ring (bicyclic) bond motifs is 2. The van der Waals surface area contributed by atoms with Crippen LogP contribution in [0.3, 0.4) is 0 Å². The molecule has 7 nitrogen and oxygen atoms in total. The fourth-order valence-corrected chi connectivity index (χ4v) is 4.57. The minimum absolute atomic E-state index is 0.155. The second kappa shape index (κ2) is 7.55. The van der Waals surface area contributed by atoms with Crippen molar-refractivity contribution in [2.75, 3.05) is 25.1 Å². The zero-order chi connectivity index (χ0) is 21.6. The van der Waals surface area contributed by atoms with Crippen molar-refractivity contribution in [3.63, 3.8) is 0 Å². The largest absolute Gasteiger partial charge is 0.504 e. The van der Waals surface area contributed by atoms with Gasteiger partial charge in [-0.15, -0.1) is 0 Å². The van der Waals surface area contributed by atoms with Crippen LogP contribution in [0.1, 0.15) is 28.9 Å². The fraction of sp³-hybridized carbons (Fsp3) is 0.273. The van der Waals surface area contributed by atoms with Crippen molar-refractivity contribution in [1.29, 1.82) is 0 Å². The lowest BCUT2D eigenvalue weighted by atomic mass is 9.73. The number of carbonyl (C=O) groups excluding carboxylic acids is 1. The molecule has 4 heterocycles. The van der Waals surface area contributed by atoms with Crippen LogP contribution in [-0.2, 0) is 10.2 Å². The average molecular weight is 443 g/mol. The number of nitrogens with one attached hydrogen (secondary N) is 3.